The van der Waals surface area contributed by atoms with Gasteiger partial charge in [-0.3, -0.25) is 4.79 Å². The van der Waals surface area contributed by atoms with Crippen LogP contribution in [0.2, 0.25) is 0 Å². The summed E-state index contributed by atoms with van der Waals surface area (Å²) in [5.41, 5.74) is 1.50. The average Bonchev–Trinajstić information content (AvgIpc) is 2.57. The molecule has 1 heterocycles. The molecule has 122 valence electrons. The molecule has 1 aromatic heterocycles. The lowest BCUT2D eigenvalue weighted by Gasteiger charge is -2.20. The largest absolute Gasteiger partial charge is 0.351 e. The average molecular weight is 313 g/mol. The van der Waals surface area contributed by atoms with E-state index < -0.39 is 0 Å². The maximum atomic E-state index is 12.0. The number of aromatic nitrogens is 2. The number of amides is 1. The number of hydrogen-bond acceptors (Lipinski definition) is 5. The van der Waals surface area contributed by atoms with E-state index in [-0.39, 0.29) is 5.91 Å². The van der Waals surface area contributed by atoms with Crippen molar-refractivity contribution in [1.82, 2.24) is 20.2 Å². The first-order valence-corrected chi connectivity index (χ1v) is 7.69. The van der Waals surface area contributed by atoms with Crippen LogP contribution in [0.3, 0.4) is 0 Å². The van der Waals surface area contributed by atoms with Crippen LogP contribution in [0.4, 0.5) is 11.6 Å². The van der Waals surface area contributed by atoms with Crippen molar-refractivity contribution in [3.05, 3.63) is 48.3 Å². The smallest absolute Gasteiger partial charge is 0.254 e. The number of hydrogen-bond donors (Lipinski definition) is 1. The molecule has 2 aromatic rings. The Labute approximate surface area is 137 Å². The van der Waals surface area contributed by atoms with Gasteiger partial charge in [-0.15, -0.1) is 0 Å². The van der Waals surface area contributed by atoms with Gasteiger partial charge in [0.1, 0.15) is 0 Å². The monoisotopic (exact) mass is 313 g/mol. The van der Waals surface area contributed by atoms with Crippen LogP contribution in [0.5, 0.6) is 0 Å². The Morgan fingerprint density at radius 2 is 1.78 bits per heavy atom. The van der Waals surface area contributed by atoms with Gasteiger partial charge in [0.25, 0.3) is 5.91 Å². The zero-order chi connectivity index (χ0) is 16.7. The van der Waals surface area contributed by atoms with Crippen LogP contribution in [0.25, 0.3) is 0 Å². The maximum absolute atomic E-state index is 12.0. The van der Waals surface area contributed by atoms with Crippen molar-refractivity contribution < 1.29 is 4.79 Å². The number of carbonyl (C=O) groups excluding carboxylic acids is 1. The topological polar surface area (TPSA) is 61.4 Å². The highest BCUT2D eigenvalue weighted by molar-refractivity contribution is 5.93. The van der Waals surface area contributed by atoms with Crippen LogP contribution >= 0.6 is 0 Å². The van der Waals surface area contributed by atoms with E-state index in [1.54, 1.807) is 12.4 Å². The molecule has 0 saturated heterocycles. The molecule has 1 amide bonds. The number of nitrogens with one attached hydrogen (secondary N) is 1. The van der Waals surface area contributed by atoms with Gasteiger partial charge in [0.2, 0.25) is 5.95 Å². The molecule has 1 N–H and O–H groups in total. The first-order chi connectivity index (χ1) is 11.1. The normalized spacial score (nSPS) is 10.6. The second-order valence-electron chi connectivity index (χ2n) is 5.41. The van der Waals surface area contributed by atoms with Crippen LogP contribution in [0, 0.1) is 0 Å². The first kappa shape index (κ1) is 16.9. The van der Waals surface area contributed by atoms with Gasteiger partial charge in [-0.1, -0.05) is 18.2 Å². The van der Waals surface area contributed by atoms with Crippen molar-refractivity contribution >= 4 is 17.5 Å². The molecule has 0 fully saturated rings. The van der Waals surface area contributed by atoms with Crippen molar-refractivity contribution in [3.8, 4) is 0 Å². The summed E-state index contributed by atoms with van der Waals surface area (Å²) < 4.78 is 0. The molecule has 1 aromatic carbocycles. The van der Waals surface area contributed by atoms with Crippen molar-refractivity contribution in [1.29, 1.82) is 0 Å². The van der Waals surface area contributed by atoms with E-state index in [2.05, 4.69) is 15.3 Å². The summed E-state index contributed by atoms with van der Waals surface area (Å²) in [7, 11) is 3.93. The zero-order valence-corrected chi connectivity index (χ0v) is 13.9. The molecule has 0 aliphatic carbocycles. The van der Waals surface area contributed by atoms with E-state index in [0.29, 0.717) is 18.1 Å². The Hall–Kier alpha value is -2.47. The second kappa shape index (κ2) is 8.24. The number of carbonyl (C=O) groups is 1. The highest BCUT2D eigenvalue weighted by Gasteiger charge is 2.12. The molecule has 0 unspecified atom stereocenters. The maximum Gasteiger partial charge on any atom is 0.254 e. The molecule has 0 bridgehead atoms. The van der Waals surface area contributed by atoms with Gasteiger partial charge < -0.3 is 15.1 Å². The molecule has 23 heavy (non-hydrogen) atoms. The zero-order valence-electron chi connectivity index (χ0n) is 13.9. The highest BCUT2D eigenvalue weighted by Crippen LogP contribution is 2.20. The van der Waals surface area contributed by atoms with Gasteiger partial charge in [0, 0.05) is 37.7 Å². The van der Waals surface area contributed by atoms with Crippen LogP contribution in [-0.2, 0) is 0 Å². The Bertz CT molecular complexity index is 613. The lowest BCUT2D eigenvalue weighted by Crippen LogP contribution is -2.31. The van der Waals surface area contributed by atoms with Crippen molar-refractivity contribution in [2.24, 2.45) is 0 Å². The number of nitrogens with zero attached hydrogens (tertiary/aromatic N) is 4. The first-order valence-electron chi connectivity index (χ1n) is 7.69. The van der Waals surface area contributed by atoms with E-state index in [4.69, 9.17) is 0 Å². The molecule has 6 heteroatoms. The lowest BCUT2D eigenvalue weighted by atomic mass is 10.3. The lowest BCUT2D eigenvalue weighted by molar-refractivity contribution is 0.0950. The van der Waals surface area contributed by atoms with Crippen molar-refractivity contribution in [2.45, 2.75) is 6.92 Å². The minimum Gasteiger partial charge on any atom is -0.351 e. The molecule has 2 rings (SSSR count). The third-order valence-electron chi connectivity index (χ3n) is 3.37. The molecule has 0 spiro atoms. The summed E-state index contributed by atoms with van der Waals surface area (Å²) in [6.07, 6.45) is 3.14. The fourth-order valence-corrected chi connectivity index (χ4v) is 2.12. The number of anilines is 2. The molecular formula is C17H23N5O. The van der Waals surface area contributed by atoms with Crippen LogP contribution in [-0.4, -0.2) is 54.5 Å². The standard InChI is InChI=1S/C17H23N5O/c1-4-22(15-8-6-5-7-9-15)17-19-12-14(13-20-17)16(23)18-10-11-21(2)3/h5-9,12-13H,4,10-11H2,1-3H3,(H,18,23). The van der Waals surface area contributed by atoms with Gasteiger partial charge in [0.15, 0.2) is 0 Å². The fourth-order valence-electron chi connectivity index (χ4n) is 2.12. The predicted octanol–water partition coefficient (Wildman–Crippen LogP) is 1.93. The summed E-state index contributed by atoms with van der Waals surface area (Å²) in [6, 6.07) is 9.94. The molecule has 0 aliphatic heterocycles. The fraction of sp³-hybridized carbons (Fsp3) is 0.353. The molecule has 0 saturated carbocycles. The Balaban J connectivity index is 2.05. The Kier molecular flexibility index (Phi) is 6.05. The predicted molar refractivity (Wildman–Crippen MR) is 92.0 cm³/mol. The van der Waals surface area contributed by atoms with Crippen molar-refractivity contribution in [2.75, 3.05) is 38.6 Å². The van der Waals surface area contributed by atoms with Gasteiger partial charge in [-0.2, -0.15) is 0 Å². The second-order valence-corrected chi connectivity index (χ2v) is 5.41. The quantitative estimate of drug-likeness (QED) is 0.846. The van der Waals surface area contributed by atoms with E-state index in [1.807, 2.05) is 61.2 Å². The van der Waals surface area contributed by atoms with E-state index in [0.717, 1.165) is 18.8 Å². The van der Waals surface area contributed by atoms with Gasteiger partial charge >= 0.3 is 0 Å². The number of rotatable bonds is 7. The van der Waals surface area contributed by atoms with Gasteiger partial charge in [-0.25, -0.2) is 9.97 Å². The van der Waals surface area contributed by atoms with Gasteiger partial charge in [0.05, 0.1) is 5.56 Å². The summed E-state index contributed by atoms with van der Waals surface area (Å²) in [4.78, 5) is 24.7. The number of likely N-dealkylation sites (N-methyl/N-ethyl adjacent to an activating group) is 1. The Morgan fingerprint density at radius 3 is 2.35 bits per heavy atom. The summed E-state index contributed by atoms with van der Waals surface area (Å²) in [5, 5.41) is 2.85. The third-order valence-corrected chi connectivity index (χ3v) is 3.37. The molecule has 0 aliphatic rings. The SMILES string of the molecule is CCN(c1ccccc1)c1ncc(C(=O)NCCN(C)C)cn1. The van der Waals surface area contributed by atoms with E-state index in [9.17, 15) is 4.79 Å². The minimum absolute atomic E-state index is 0.152. The van der Waals surface area contributed by atoms with Crippen LogP contribution in [0.1, 0.15) is 17.3 Å². The van der Waals surface area contributed by atoms with E-state index >= 15 is 0 Å². The van der Waals surface area contributed by atoms with Crippen LogP contribution < -0.4 is 10.2 Å². The molecule has 6 nitrogen and oxygen atoms in total. The molecule has 0 atom stereocenters. The molecular weight excluding hydrogens is 290 g/mol. The third kappa shape index (κ3) is 4.75. The number of para-hydroxylation sites is 1. The molecule has 0 radical (unpaired) electrons. The minimum atomic E-state index is -0.152. The summed E-state index contributed by atoms with van der Waals surface area (Å²) >= 11 is 0. The van der Waals surface area contributed by atoms with Crippen LogP contribution in [0.15, 0.2) is 42.7 Å². The summed E-state index contributed by atoms with van der Waals surface area (Å²) in [5.74, 6) is 0.435. The number of benzene rings is 1. The van der Waals surface area contributed by atoms with Crippen molar-refractivity contribution in [3.63, 3.8) is 0 Å². The van der Waals surface area contributed by atoms with Gasteiger partial charge in [-0.05, 0) is 33.2 Å². The van der Waals surface area contributed by atoms with E-state index in [1.165, 1.54) is 0 Å². The Morgan fingerprint density at radius 1 is 1.13 bits per heavy atom. The highest BCUT2D eigenvalue weighted by atomic mass is 16.1. The summed E-state index contributed by atoms with van der Waals surface area (Å²) in [6.45, 7) is 4.18.